The first-order valence-corrected chi connectivity index (χ1v) is 6.76. The first-order chi connectivity index (χ1) is 9.95. The first-order valence-electron chi connectivity index (χ1n) is 6.76. The number of hydrogen-bond donors (Lipinski definition) is 1. The predicted octanol–water partition coefficient (Wildman–Crippen LogP) is 4.47. The van der Waals surface area contributed by atoms with Gasteiger partial charge in [0.1, 0.15) is 12.1 Å². The van der Waals surface area contributed by atoms with Crippen LogP contribution in [0, 0.1) is 22.7 Å². The molecule has 2 aromatic carbocycles. The van der Waals surface area contributed by atoms with E-state index in [-0.39, 0.29) is 5.41 Å². The zero-order chi connectivity index (χ0) is 15.5. The third kappa shape index (κ3) is 3.22. The maximum Gasteiger partial charge on any atom is 0.103 e. The smallest absolute Gasteiger partial charge is 0.103 e. The van der Waals surface area contributed by atoms with Gasteiger partial charge in [-0.15, -0.1) is 0 Å². The minimum absolute atomic E-state index is 0.108. The van der Waals surface area contributed by atoms with E-state index in [2.05, 4.69) is 44.3 Å². The predicted molar refractivity (Wildman–Crippen MR) is 84.3 cm³/mol. The van der Waals surface area contributed by atoms with Crippen molar-refractivity contribution in [3.63, 3.8) is 0 Å². The number of hydrogen-bond acceptors (Lipinski definition) is 3. The summed E-state index contributed by atoms with van der Waals surface area (Å²) in [6.07, 6.45) is 0. The van der Waals surface area contributed by atoms with Crippen LogP contribution in [-0.2, 0) is 5.41 Å². The second-order valence-electron chi connectivity index (χ2n) is 5.90. The van der Waals surface area contributed by atoms with Gasteiger partial charge in [0.2, 0.25) is 0 Å². The van der Waals surface area contributed by atoms with Crippen LogP contribution >= 0.6 is 0 Å². The Morgan fingerprint density at radius 1 is 0.905 bits per heavy atom. The van der Waals surface area contributed by atoms with Gasteiger partial charge in [0.25, 0.3) is 0 Å². The summed E-state index contributed by atoms with van der Waals surface area (Å²) in [7, 11) is 0. The van der Waals surface area contributed by atoms with Crippen molar-refractivity contribution >= 4 is 11.4 Å². The molecule has 0 aliphatic heterocycles. The molecular formula is C18H17N3. The summed E-state index contributed by atoms with van der Waals surface area (Å²) < 4.78 is 0. The third-order valence-corrected chi connectivity index (χ3v) is 3.33. The number of rotatable bonds is 2. The summed E-state index contributed by atoms with van der Waals surface area (Å²) in [6, 6.07) is 17.5. The highest BCUT2D eigenvalue weighted by Gasteiger charge is 2.13. The molecule has 0 bridgehead atoms. The average Bonchev–Trinajstić information content (AvgIpc) is 2.46. The summed E-state index contributed by atoms with van der Waals surface area (Å²) in [5.41, 5.74) is 3.67. The van der Waals surface area contributed by atoms with Crippen molar-refractivity contribution in [1.29, 1.82) is 10.5 Å². The average molecular weight is 275 g/mol. The van der Waals surface area contributed by atoms with Crippen molar-refractivity contribution in [1.82, 2.24) is 0 Å². The number of anilines is 2. The van der Waals surface area contributed by atoms with Gasteiger partial charge in [-0.2, -0.15) is 10.5 Å². The maximum absolute atomic E-state index is 9.22. The molecule has 0 unspecified atom stereocenters. The van der Waals surface area contributed by atoms with E-state index in [1.165, 1.54) is 5.56 Å². The van der Waals surface area contributed by atoms with Gasteiger partial charge in [0, 0.05) is 5.69 Å². The van der Waals surface area contributed by atoms with Gasteiger partial charge in [0.05, 0.1) is 16.8 Å². The fourth-order valence-corrected chi connectivity index (χ4v) is 2.08. The molecule has 0 spiro atoms. The standard InChI is InChI=1S/C18H17N3/c1-18(2,3)14-7-9-15(10-8-14)21-17-6-4-5-13(11-19)16(17)12-20/h4-10,21H,1-3H3. The Kier molecular flexibility index (Phi) is 3.96. The largest absolute Gasteiger partial charge is 0.354 e. The molecular weight excluding hydrogens is 258 g/mol. The molecule has 104 valence electrons. The summed E-state index contributed by atoms with van der Waals surface area (Å²) >= 11 is 0. The third-order valence-electron chi connectivity index (χ3n) is 3.33. The van der Waals surface area contributed by atoms with Crippen LogP contribution < -0.4 is 5.32 Å². The minimum atomic E-state index is 0.108. The number of benzene rings is 2. The van der Waals surface area contributed by atoms with E-state index < -0.39 is 0 Å². The molecule has 0 atom stereocenters. The van der Waals surface area contributed by atoms with Crippen LogP contribution in [0.25, 0.3) is 0 Å². The second kappa shape index (κ2) is 5.69. The van der Waals surface area contributed by atoms with Crippen LogP contribution in [-0.4, -0.2) is 0 Å². The summed E-state index contributed by atoms with van der Waals surface area (Å²) in [5, 5.41) is 21.5. The van der Waals surface area contributed by atoms with E-state index in [0.29, 0.717) is 16.8 Å². The highest BCUT2D eigenvalue weighted by Crippen LogP contribution is 2.26. The molecule has 0 aliphatic carbocycles. The van der Waals surface area contributed by atoms with Crippen LogP contribution in [0.3, 0.4) is 0 Å². The normalized spacial score (nSPS) is 10.5. The molecule has 3 nitrogen and oxygen atoms in total. The monoisotopic (exact) mass is 275 g/mol. The lowest BCUT2D eigenvalue weighted by molar-refractivity contribution is 0.590. The van der Waals surface area contributed by atoms with Gasteiger partial charge in [-0.05, 0) is 35.2 Å². The molecule has 2 rings (SSSR count). The minimum Gasteiger partial charge on any atom is -0.354 e. The number of nitrogens with zero attached hydrogens (tertiary/aromatic N) is 2. The SMILES string of the molecule is CC(C)(C)c1ccc(Nc2cccc(C#N)c2C#N)cc1. The van der Waals surface area contributed by atoms with Crippen LogP contribution in [0.5, 0.6) is 0 Å². The van der Waals surface area contributed by atoms with Gasteiger partial charge < -0.3 is 5.32 Å². The van der Waals surface area contributed by atoms with Gasteiger partial charge in [-0.1, -0.05) is 39.0 Å². The van der Waals surface area contributed by atoms with Crippen molar-refractivity contribution in [2.75, 3.05) is 5.32 Å². The Labute approximate surface area is 125 Å². The molecule has 0 saturated heterocycles. The van der Waals surface area contributed by atoms with Gasteiger partial charge >= 0.3 is 0 Å². The molecule has 0 fully saturated rings. The zero-order valence-electron chi connectivity index (χ0n) is 12.4. The Balaban J connectivity index is 2.32. The van der Waals surface area contributed by atoms with Crippen molar-refractivity contribution in [2.45, 2.75) is 26.2 Å². The molecule has 0 amide bonds. The van der Waals surface area contributed by atoms with Crippen LogP contribution in [0.15, 0.2) is 42.5 Å². The van der Waals surface area contributed by atoms with Crippen molar-refractivity contribution < 1.29 is 0 Å². The number of nitriles is 2. The highest BCUT2D eigenvalue weighted by molar-refractivity contribution is 5.70. The molecule has 0 aromatic heterocycles. The van der Waals surface area contributed by atoms with Gasteiger partial charge in [-0.25, -0.2) is 0 Å². The Morgan fingerprint density at radius 3 is 2.10 bits per heavy atom. The van der Waals surface area contributed by atoms with E-state index in [1.54, 1.807) is 18.2 Å². The van der Waals surface area contributed by atoms with Crippen LogP contribution in [0.4, 0.5) is 11.4 Å². The zero-order valence-corrected chi connectivity index (χ0v) is 12.4. The van der Waals surface area contributed by atoms with E-state index in [4.69, 9.17) is 5.26 Å². The molecule has 3 heteroatoms. The molecule has 21 heavy (non-hydrogen) atoms. The van der Waals surface area contributed by atoms with E-state index in [1.807, 2.05) is 18.2 Å². The lowest BCUT2D eigenvalue weighted by atomic mass is 9.87. The summed E-state index contributed by atoms with van der Waals surface area (Å²) in [6.45, 7) is 6.50. The highest BCUT2D eigenvalue weighted by atomic mass is 14.9. The molecule has 0 saturated carbocycles. The molecule has 2 aromatic rings. The quantitative estimate of drug-likeness (QED) is 0.879. The van der Waals surface area contributed by atoms with Crippen molar-refractivity contribution in [3.8, 4) is 12.1 Å². The molecule has 0 heterocycles. The van der Waals surface area contributed by atoms with Crippen LogP contribution in [0.2, 0.25) is 0 Å². The van der Waals surface area contributed by atoms with E-state index in [9.17, 15) is 5.26 Å². The van der Waals surface area contributed by atoms with Gasteiger partial charge in [0.15, 0.2) is 0 Å². The van der Waals surface area contributed by atoms with Gasteiger partial charge in [-0.3, -0.25) is 0 Å². The Bertz CT molecular complexity index is 723. The maximum atomic E-state index is 9.22. The van der Waals surface area contributed by atoms with E-state index >= 15 is 0 Å². The first kappa shape index (κ1) is 14.6. The second-order valence-corrected chi connectivity index (χ2v) is 5.90. The van der Waals surface area contributed by atoms with E-state index in [0.717, 1.165) is 5.69 Å². The van der Waals surface area contributed by atoms with Crippen LogP contribution in [0.1, 0.15) is 37.5 Å². The fraction of sp³-hybridized carbons (Fsp3) is 0.222. The lowest BCUT2D eigenvalue weighted by Crippen LogP contribution is -2.10. The summed E-state index contributed by atoms with van der Waals surface area (Å²) in [5.74, 6) is 0. The van der Waals surface area contributed by atoms with Crippen molar-refractivity contribution in [2.24, 2.45) is 0 Å². The molecule has 0 radical (unpaired) electrons. The molecule has 0 aliphatic rings. The Morgan fingerprint density at radius 2 is 1.57 bits per heavy atom. The number of nitrogens with one attached hydrogen (secondary N) is 1. The Hall–Kier alpha value is -2.78. The van der Waals surface area contributed by atoms with Crippen molar-refractivity contribution in [3.05, 3.63) is 59.2 Å². The fourth-order valence-electron chi connectivity index (χ4n) is 2.08. The lowest BCUT2D eigenvalue weighted by Gasteiger charge is -2.19. The molecule has 1 N–H and O–H groups in total. The topological polar surface area (TPSA) is 59.6 Å². The summed E-state index contributed by atoms with van der Waals surface area (Å²) in [4.78, 5) is 0.